The van der Waals surface area contributed by atoms with Crippen molar-refractivity contribution in [2.45, 2.75) is 374 Å². The van der Waals surface area contributed by atoms with Crippen LogP contribution >= 0.6 is 0 Å². The van der Waals surface area contributed by atoms with Gasteiger partial charge in [0.25, 0.3) is 0 Å². The van der Waals surface area contributed by atoms with Gasteiger partial charge in [0.2, 0.25) is 0 Å². The average molecular weight is 1160 g/mol. The first-order valence-corrected chi connectivity index (χ1v) is 36.1. The van der Waals surface area contributed by atoms with Gasteiger partial charge in [-0.3, -0.25) is 14.4 Å². The lowest BCUT2D eigenvalue weighted by Gasteiger charge is -2.18. The zero-order valence-electron chi connectivity index (χ0n) is 55.2. The molecular formula is C77H136O6. The van der Waals surface area contributed by atoms with Crippen LogP contribution in [0.15, 0.2) is 85.1 Å². The Labute approximate surface area is 515 Å². The molecule has 6 nitrogen and oxygen atoms in total. The Morgan fingerprint density at radius 1 is 0.253 bits per heavy atom. The highest BCUT2D eigenvalue weighted by atomic mass is 16.6. The van der Waals surface area contributed by atoms with Gasteiger partial charge in [-0.2, -0.15) is 0 Å². The standard InChI is InChI=1S/C77H136O6/c1-4-7-10-13-16-19-22-25-27-29-31-33-35-37-38-40-41-43-45-47-49-52-55-58-61-64-67-70-76(79)82-73-74(72-81-75(78)69-66-63-60-57-54-51-24-21-18-15-12-9-6-3)83-77(80)71-68-65-62-59-56-53-50-48-46-44-42-39-36-34-32-30-28-26-23-20-17-14-11-8-5-2/h7,10,16,19,25,27,30-33,37-38,41,43,74H,4-6,8-9,11-15,17-18,20-24,26,28-29,34-36,39-40,42,44-73H2,1-3H3/b10-7-,19-16-,27-25-,32-30-,33-31-,38-37-,43-41-. The third-order valence-corrected chi connectivity index (χ3v) is 15.9. The number of ether oxygens (including phenoxy) is 3. The van der Waals surface area contributed by atoms with Crippen molar-refractivity contribution in [3.63, 3.8) is 0 Å². The van der Waals surface area contributed by atoms with Crippen LogP contribution in [0.2, 0.25) is 0 Å². The molecule has 0 spiro atoms. The van der Waals surface area contributed by atoms with Crippen LogP contribution < -0.4 is 0 Å². The highest BCUT2D eigenvalue weighted by molar-refractivity contribution is 5.71. The molecule has 0 aromatic heterocycles. The molecule has 0 aromatic carbocycles. The number of carbonyl (C=O) groups excluding carboxylic acids is 3. The molecule has 0 N–H and O–H groups in total. The molecule has 0 saturated heterocycles. The van der Waals surface area contributed by atoms with Crippen LogP contribution in [0.3, 0.4) is 0 Å². The van der Waals surface area contributed by atoms with Gasteiger partial charge in [-0.15, -0.1) is 0 Å². The predicted molar refractivity (Wildman–Crippen MR) is 362 cm³/mol. The summed E-state index contributed by atoms with van der Waals surface area (Å²) >= 11 is 0. The highest BCUT2D eigenvalue weighted by Gasteiger charge is 2.19. The number of hydrogen-bond acceptors (Lipinski definition) is 6. The monoisotopic (exact) mass is 1160 g/mol. The molecular weight excluding hydrogens is 1020 g/mol. The van der Waals surface area contributed by atoms with Gasteiger partial charge in [0.15, 0.2) is 6.10 Å². The molecule has 1 atom stereocenters. The number of unbranched alkanes of at least 4 members (excludes halogenated alkanes) is 41. The number of allylic oxidation sites excluding steroid dienone is 14. The van der Waals surface area contributed by atoms with E-state index in [1.165, 1.54) is 225 Å². The van der Waals surface area contributed by atoms with Crippen LogP contribution in [-0.4, -0.2) is 37.2 Å². The summed E-state index contributed by atoms with van der Waals surface area (Å²) in [5, 5.41) is 0. The summed E-state index contributed by atoms with van der Waals surface area (Å²) in [4.78, 5) is 38.5. The van der Waals surface area contributed by atoms with Crippen LogP contribution in [-0.2, 0) is 28.6 Å². The molecule has 0 fully saturated rings. The number of hydrogen-bond donors (Lipinski definition) is 0. The molecule has 0 aliphatic carbocycles. The predicted octanol–water partition coefficient (Wildman–Crippen LogP) is 25.0. The molecule has 0 aliphatic heterocycles. The van der Waals surface area contributed by atoms with Crippen molar-refractivity contribution < 1.29 is 28.6 Å². The Hall–Kier alpha value is -3.41. The van der Waals surface area contributed by atoms with Crippen LogP contribution in [0.1, 0.15) is 367 Å². The zero-order valence-corrected chi connectivity index (χ0v) is 55.2. The molecule has 0 aliphatic rings. The van der Waals surface area contributed by atoms with E-state index in [1.54, 1.807) is 0 Å². The third-order valence-electron chi connectivity index (χ3n) is 15.9. The second-order valence-corrected chi connectivity index (χ2v) is 24.1. The Morgan fingerprint density at radius 3 is 0.747 bits per heavy atom. The first-order chi connectivity index (χ1) is 41.0. The van der Waals surface area contributed by atoms with E-state index in [4.69, 9.17) is 14.2 Å². The number of carbonyl (C=O) groups is 3. The quantitative estimate of drug-likeness (QED) is 0.0261. The van der Waals surface area contributed by atoms with Gasteiger partial charge < -0.3 is 14.2 Å². The number of rotatable bonds is 66. The van der Waals surface area contributed by atoms with E-state index >= 15 is 0 Å². The van der Waals surface area contributed by atoms with Crippen molar-refractivity contribution in [3.05, 3.63) is 85.1 Å². The van der Waals surface area contributed by atoms with Crippen molar-refractivity contribution in [1.29, 1.82) is 0 Å². The molecule has 0 amide bonds. The SMILES string of the molecule is CC/C=C\C/C=C\C/C=C\C/C=C\C/C=C\C/C=C\CCCCCCCCCCC(=O)OCC(COC(=O)CCCCCCCCCCCCCCC)OC(=O)CCCCCCCCCCCCCCC/C=C\CCCCCCCCCC. The van der Waals surface area contributed by atoms with Crippen molar-refractivity contribution in [1.82, 2.24) is 0 Å². The summed E-state index contributed by atoms with van der Waals surface area (Å²) in [5.74, 6) is -0.863. The summed E-state index contributed by atoms with van der Waals surface area (Å²) in [6, 6.07) is 0. The normalized spacial score (nSPS) is 12.6. The third kappa shape index (κ3) is 69.3. The molecule has 0 heterocycles. The smallest absolute Gasteiger partial charge is 0.306 e. The maximum absolute atomic E-state index is 13.0. The minimum Gasteiger partial charge on any atom is -0.462 e. The first kappa shape index (κ1) is 79.6. The molecule has 6 heteroatoms. The largest absolute Gasteiger partial charge is 0.462 e. The van der Waals surface area contributed by atoms with Gasteiger partial charge in [0, 0.05) is 19.3 Å². The summed E-state index contributed by atoms with van der Waals surface area (Å²) in [6.45, 7) is 6.57. The molecule has 0 bridgehead atoms. The van der Waals surface area contributed by atoms with Gasteiger partial charge in [0.1, 0.15) is 13.2 Å². The topological polar surface area (TPSA) is 78.9 Å². The molecule has 0 rings (SSSR count). The first-order valence-electron chi connectivity index (χ1n) is 36.1. The summed E-state index contributed by atoms with van der Waals surface area (Å²) in [7, 11) is 0. The summed E-state index contributed by atoms with van der Waals surface area (Å²) < 4.78 is 17.0. The van der Waals surface area contributed by atoms with Gasteiger partial charge in [0.05, 0.1) is 0 Å². The fourth-order valence-corrected chi connectivity index (χ4v) is 10.5. The Bertz CT molecular complexity index is 1570. The van der Waals surface area contributed by atoms with Crippen molar-refractivity contribution in [2.24, 2.45) is 0 Å². The summed E-state index contributed by atoms with van der Waals surface area (Å²) in [6.07, 6.45) is 94.7. The van der Waals surface area contributed by atoms with E-state index in [0.29, 0.717) is 19.3 Å². The van der Waals surface area contributed by atoms with Gasteiger partial charge in [-0.25, -0.2) is 0 Å². The molecule has 0 saturated carbocycles. The summed E-state index contributed by atoms with van der Waals surface area (Å²) in [5.41, 5.74) is 0. The molecule has 0 radical (unpaired) electrons. The zero-order chi connectivity index (χ0) is 59.9. The van der Waals surface area contributed by atoms with Crippen LogP contribution in [0.5, 0.6) is 0 Å². The minimum atomic E-state index is -0.780. The Morgan fingerprint density at radius 2 is 0.470 bits per heavy atom. The second kappa shape index (κ2) is 71.1. The van der Waals surface area contributed by atoms with E-state index in [2.05, 4.69) is 106 Å². The van der Waals surface area contributed by atoms with E-state index in [0.717, 1.165) is 103 Å². The van der Waals surface area contributed by atoms with E-state index < -0.39 is 6.10 Å². The highest BCUT2D eigenvalue weighted by Crippen LogP contribution is 2.18. The van der Waals surface area contributed by atoms with Crippen LogP contribution in [0.4, 0.5) is 0 Å². The van der Waals surface area contributed by atoms with Crippen LogP contribution in [0.25, 0.3) is 0 Å². The van der Waals surface area contributed by atoms with Gasteiger partial charge in [-0.05, 0) is 96.3 Å². The minimum absolute atomic E-state index is 0.0746. The van der Waals surface area contributed by atoms with Gasteiger partial charge >= 0.3 is 17.9 Å². The lowest BCUT2D eigenvalue weighted by atomic mass is 10.0. The Balaban J connectivity index is 4.28. The van der Waals surface area contributed by atoms with E-state index in [1.807, 2.05) is 0 Å². The Kier molecular flexibility index (Phi) is 68.2. The second-order valence-electron chi connectivity index (χ2n) is 24.1. The fraction of sp³-hybridized carbons (Fsp3) is 0.779. The average Bonchev–Trinajstić information content (AvgIpc) is 3.49. The molecule has 1 unspecified atom stereocenters. The fourth-order valence-electron chi connectivity index (χ4n) is 10.5. The van der Waals surface area contributed by atoms with Gasteiger partial charge in [-0.1, -0.05) is 337 Å². The van der Waals surface area contributed by atoms with Crippen molar-refractivity contribution in [2.75, 3.05) is 13.2 Å². The van der Waals surface area contributed by atoms with E-state index in [9.17, 15) is 14.4 Å². The molecule has 0 aromatic rings. The maximum atomic E-state index is 13.0. The van der Waals surface area contributed by atoms with Crippen molar-refractivity contribution >= 4 is 17.9 Å². The van der Waals surface area contributed by atoms with E-state index in [-0.39, 0.29) is 31.1 Å². The molecule has 83 heavy (non-hydrogen) atoms. The molecule has 480 valence electrons. The lowest BCUT2D eigenvalue weighted by Crippen LogP contribution is -2.30. The lowest BCUT2D eigenvalue weighted by molar-refractivity contribution is -0.167. The van der Waals surface area contributed by atoms with Crippen molar-refractivity contribution in [3.8, 4) is 0 Å². The van der Waals surface area contributed by atoms with Crippen LogP contribution in [0, 0.1) is 0 Å². The number of esters is 3. The maximum Gasteiger partial charge on any atom is 0.306 e.